The first kappa shape index (κ1) is 16.6. The van der Waals surface area contributed by atoms with Crippen molar-refractivity contribution in [3.05, 3.63) is 46.7 Å². The van der Waals surface area contributed by atoms with Gasteiger partial charge in [-0.1, -0.05) is 24.3 Å². The maximum Gasteiger partial charge on any atom is 0.323 e. The lowest BCUT2D eigenvalue weighted by atomic mass is 9.83. The van der Waals surface area contributed by atoms with Crippen molar-refractivity contribution in [3.8, 4) is 0 Å². The van der Waals surface area contributed by atoms with Gasteiger partial charge in [-0.25, -0.2) is 0 Å². The molecule has 25 heavy (non-hydrogen) atoms. The van der Waals surface area contributed by atoms with Crippen molar-refractivity contribution in [2.75, 3.05) is 13.7 Å². The van der Waals surface area contributed by atoms with Gasteiger partial charge < -0.3 is 14.7 Å². The quantitative estimate of drug-likeness (QED) is 0.622. The lowest BCUT2D eigenvalue weighted by Gasteiger charge is -2.22. The van der Waals surface area contributed by atoms with Crippen molar-refractivity contribution in [2.45, 2.75) is 6.42 Å². The molecule has 2 aliphatic rings. The number of allylic oxidation sites excluding steroid dienone is 1. The van der Waals surface area contributed by atoms with E-state index in [1.54, 1.807) is 12.1 Å². The maximum absolute atomic E-state index is 12.8. The van der Waals surface area contributed by atoms with Crippen molar-refractivity contribution in [3.63, 3.8) is 0 Å². The van der Waals surface area contributed by atoms with Crippen LogP contribution in [0.5, 0.6) is 0 Å². The summed E-state index contributed by atoms with van der Waals surface area (Å²) in [6, 6.07) is 6.04. The summed E-state index contributed by atoms with van der Waals surface area (Å²) in [5.74, 6) is -5.71. The normalized spacial score (nSPS) is 19.0. The molecule has 1 aliphatic carbocycles. The lowest BCUT2D eigenvalue weighted by Crippen LogP contribution is -2.35. The summed E-state index contributed by atoms with van der Waals surface area (Å²) in [4.78, 5) is 62.0. The van der Waals surface area contributed by atoms with E-state index in [4.69, 9.17) is 5.11 Å². The van der Waals surface area contributed by atoms with Gasteiger partial charge in [-0.2, -0.15) is 0 Å². The Kier molecular flexibility index (Phi) is 3.96. The van der Waals surface area contributed by atoms with E-state index in [1.807, 2.05) is 0 Å². The van der Waals surface area contributed by atoms with Crippen LogP contribution in [0.1, 0.15) is 27.1 Å². The Labute approximate surface area is 141 Å². The summed E-state index contributed by atoms with van der Waals surface area (Å²) in [6.07, 6.45) is -0.431. The van der Waals surface area contributed by atoms with Gasteiger partial charge in [0.1, 0.15) is 5.70 Å². The summed E-state index contributed by atoms with van der Waals surface area (Å²) < 4.78 is 4.60. The van der Waals surface area contributed by atoms with E-state index in [0.29, 0.717) is 0 Å². The second kappa shape index (κ2) is 5.97. The van der Waals surface area contributed by atoms with E-state index < -0.39 is 41.8 Å². The molecule has 0 bridgehead atoms. The Balaban J connectivity index is 2.16. The average Bonchev–Trinajstić information content (AvgIpc) is 2.90. The second-order valence-electron chi connectivity index (χ2n) is 5.56. The molecule has 0 saturated heterocycles. The molecule has 1 atom stereocenters. The number of carboxylic acid groups (broad SMARTS) is 1. The molecule has 1 N–H and O–H groups in total. The first-order chi connectivity index (χ1) is 11.9. The van der Waals surface area contributed by atoms with Crippen LogP contribution in [0.15, 0.2) is 35.5 Å². The number of benzene rings is 1. The number of ketones is 2. The van der Waals surface area contributed by atoms with E-state index in [0.717, 1.165) is 12.0 Å². The number of ether oxygens (including phenoxy) is 1. The van der Waals surface area contributed by atoms with E-state index in [-0.39, 0.29) is 28.9 Å². The molecule has 0 fully saturated rings. The van der Waals surface area contributed by atoms with E-state index >= 15 is 0 Å². The molecule has 1 aliphatic heterocycles. The van der Waals surface area contributed by atoms with Gasteiger partial charge in [-0.05, 0) is 0 Å². The highest BCUT2D eigenvalue weighted by atomic mass is 16.5. The van der Waals surface area contributed by atoms with Gasteiger partial charge in [0.15, 0.2) is 11.7 Å². The van der Waals surface area contributed by atoms with Gasteiger partial charge >= 0.3 is 11.9 Å². The van der Waals surface area contributed by atoms with Crippen LogP contribution in [0.3, 0.4) is 0 Å². The number of carbonyl (C=O) groups is 5. The summed E-state index contributed by atoms with van der Waals surface area (Å²) in [5.41, 5.74) is -0.255. The Morgan fingerprint density at radius 3 is 2.28 bits per heavy atom. The second-order valence-corrected chi connectivity index (χ2v) is 5.56. The first-order valence-electron chi connectivity index (χ1n) is 7.42. The average molecular weight is 343 g/mol. The topological polar surface area (TPSA) is 118 Å². The fourth-order valence-corrected chi connectivity index (χ4v) is 3.07. The summed E-state index contributed by atoms with van der Waals surface area (Å²) in [6.45, 7) is -0.318. The predicted octanol–water partition coefficient (Wildman–Crippen LogP) is 0.426. The molecule has 3 rings (SSSR count). The van der Waals surface area contributed by atoms with E-state index in [9.17, 15) is 24.0 Å². The van der Waals surface area contributed by atoms with E-state index in [1.165, 1.54) is 12.1 Å². The number of aliphatic carboxylic acids is 1. The minimum absolute atomic E-state index is 0.105. The van der Waals surface area contributed by atoms with Crippen LogP contribution in [0, 0.1) is 5.92 Å². The number of carboxylic acids is 1. The van der Waals surface area contributed by atoms with Gasteiger partial charge in [0.2, 0.25) is 11.7 Å². The van der Waals surface area contributed by atoms with Crippen LogP contribution < -0.4 is 0 Å². The maximum atomic E-state index is 12.8. The smallest absolute Gasteiger partial charge is 0.323 e. The van der Waals surface area contributed by atoms with Crippen LogP contribution in [-0.4, -0.2) is 53.1 Å². The molecular formula is C17H13NO7. The monoisotopic (exact) mass is 343 g/mol. The molecule has 1 aromatic carbocycles. The highest BCUT2D eigenvalue weighted by molar-refractivity contribution is 6.32. The lowest BCUT2D eigenvalue weighted by molar-refractivity contribution is -0.149. The van der Waals surface area contributed by atoms with Crippen molar-refractivity contribution in [2.24, 2.45) is 5.92 Å². The van der Waals surface area contributed by atoms with E-state index in [2.05, 4.69) is 4.74 Å². The number of hydrogen-bond acceptors (Lipinski definition) is 6. The van der Waals surface area contributed by atoms with Crippen LogP contribution in [0.2, 0.25) is 0 Å². The van der Waals surface area contributed by atoms with Crippen LogP contribution >= 0.6 is 0 Å². The molecular weight excluding hydrogens is 330 g/mol. The van der Waals surface area contributed by atoms with Crippen molar-refractivity contribution in [1.29, 1.82) is 0 Å². The van der Waals surface area contributed by atoms with Gasteiger partial charge in [0.05, 0.1) is 19.1 Å². The molecule has 1 aromatic rings. The Hall–Kier alpha value is -3.29. The number of Topliss-reactive ketones (excluding diaryl/α,β-unsaturated/α-hetero) is 2. The van der Waals surface area contributed by atoms with Crippen LogP contribution in [-0.2, 0) is 19.1 Å². The largest absolute Gasteiger partial charge is 0.481 e. The Morgan fingerprint density at radius 1 is 1.12 bits per heavy atom. The third-order valence-electron chi connectivity index (χ3n) is 4.19. The Bertz CT molecular complexity index is 868. The molecule has 1 amide bonds. The van der Waals surface area contributed by atoms with Gasteiger partial charge in [0, 0.05) is 17.7 Å². The van der Waals surface area contributed by atoms with Crippen LogP contribution in [0.4, 0.5) is 0 Å². The number of hydrogen-bond donors (Lipinski definition) is 1. The van der Waals surface area contributed by atoms with Gasteiger partial charge in [0.25, 0.3) is 0 Å². The zero-order chi connectivity index (χ0) is 18.3. The molecule has 1 heterocycles. The zero-order valence-corrected chi connectivity index (χ0v) is 13.1. The third kappa shape index (κ3) is 2.42. The fraction of sp³-hybridized carbons (Fsp3) is 0.235. The Morgan fingerprint density at radius 2 is 1.72 bits per heavy atom. The number of rotatable bonds is 4. The van der Waals surface area contributed by atoms with Crippen molar-refractivity contribution < 1.29 is 33.8 Å². The molecule has 8 nitrogen and oxygen atoms in total. The molecule has 8 heteroatoms. The summed E-state index contributed by atoms with van der Waals surface area (Å²) >= 11 is 0. The number of carbonyl (C=O) groups excluding carboxylic acids is 4. The number of amides is 1. The van der Waals surface area contributed by atoms with Crippen molar-refractivity contribution in [1.82, 2.24) is 4.90 Å². The number of methoxy groups -OCH3 is 1. The fourth-order valence-electron chi connectivity index (χ4n) is 3.07. The molecule has 128 valence electrons. The highest BCUT2D eigenvalue weighted by Gasteiger charge is 2.52. The highest BCUT2D eigenvalue weighted by Crippen LogP contribution is 2.39. The van der Waals surface area contributed by atoms with Crippen molar-refractivity contribution >= 4 is 29.4 Å². The molecule has 0 spiro atoms. The standard InChI is InChI=1S/C17H13NO7/c1-25-17(24)12-11-13(18(16(12)23)7-6-10(19)20)15(22)9-5-3-2-4-8(9)14(11)21/h2-5,12H,6-7H2,1H3,(H,19,20). The molecule has 0 radical (unpaired) electrons. The first-order valence-corrected chi connectivity index (χ1v) is 7.42. The number of fused-ring (bicyclic) bond motifs is 1. The molecule has 1 unspecified atom stereocenters. The number of nitrogens with zero attached hydrogens (tertiary/aromatic N) is 1. The zero-order valence-electron chi connectivity index (χ0n) is 13.1. The minimum Gasteiger partial charge on any atom is -0.481 e. The SMILES string of the molecule is COC(=O)C1C(=O)N(CCC(=O)O)C2=C1C(=O)c1ccccc1C2=O. The summed E-state index contributed by atoms with van der Waals surface area (Å²) in [7, 11) is 1.07. The third-order valence-corrected chi connectivity index (χ3v) is 4.19. The number of esters is 1. The molecule has 0 saturated carbocycles. The molecule has 0 aromatic heterocycles. The minimum atomic E-state index is -1.56. The van der Waals surface area contributed by atoms with Gasteiger partial charge in [-0.15, -0.1) is 0 Å². The predicted molar refractivity (Wildman–Crippen MR) is 81.6 cm³/mol. The van der Waals surface area contributed by atoms with Crippen LogP contribution in [0.25, 0.3) is 0 Å². The van der Waals surface area contributed by atoms with Gasteiger partial charge in [-0.3, -0.25) is 24.0 Å². The summed E-state index contributed by atoms with van der Waals surface area (Å²) in [5, 5.41) is 8.86.